The summed E-state index contributed by atoms with van der Waals surface area (Å²) in [6.07, 6.45) is 0. The molecular formula is C28H20. The van der Waals surface area contributed by atoms with Gasteiger partial charge < -0.3 is 0 Å². The summed E-state index contributed by atoms with van der Waals surface area (Å²) < 4.78 is 0. The normalized spacial score (nSPS) is 10.9. The minimum atomic E-state index is 1.30. The van der Waals surface area contributed by atoms with E-state index in [4.69, 9.17) is 0 Å². The summed E-state index contributed by atoms with van der Waals surface area (Å²) in [7, 11) is 0. The molecule has 132 valence electrons. The van der Waals surface area contributed by atoms with Crippen LogP contribution < -0.4 is 0 Å². The van der Waals surface area contributed by atoms with Crippen LogP contribution in [0, 0.1) is 0 Å². The predicted octanol–water partition coefficient (Wildman–Crippen LogP) is 7.99. The zero-order valence-electron chi connectivity index (χ0n) is 15.5. The molecule has 0 amide bonds. The molecule has 0 radical (unpaired) electrons. The van der Waals surface area contributed by atoms with Gasteiger partial charge in [-0.15, -0.1) is 0 Å². The Bertz CT molecular complexity index is 1190. The van der Waals surface area contributed by atoms with Crippen molar-refractivity contribution < 1.29 is 0 Å². The van der Waals surface area contributed by atoms with Crippen LogP contribution in [-0.2, 0) is 0 Å². The van der Waals surface area contributed by atoms with E-state index >= 15 is 0 Å². The molecule has 0 saturated heterocycles. The molecule has 28 heavy (non-hydrogen) atoms. The maximum Gasteiger partial charge on any atom is -0.0171 e. The number of benzene rings is 6. The van der Waals surface area contributed by atoms with Crippen molar-refractivity contribution in [1.82, 2.24) is 0 Å². The van der Waals surface area contributed by atoms with Gasteiger partial charge in [-0.05, 0) is 79.5 Å². The Labute approximate surface area is 164 Å². The van der Waals surface area contributed by atoms with Crippen molar-refractivity contribution in [3.8, 4) is 0 Å². The first kappa shape index (κ1) is 16.5. The summed E-state index contributed by atoms with van der Waals surface area (Å²) in [4.78, 5) is 0. The molecule has 6 aromatic carbocycles. The van der Waals surface area contributed by atoms with Crippen LogP contribution in [0.3, 0.4) is 0 Å². The van der Waals surface area contributed by atoms with Gasteiger partial charge in [0.1, 0.15) is 0 Å². The summed E-state index contributed by atoms with van der Waals surface area (Å²) in [6.45, 7) is 0. The van der Waals surface area contributed by atoms with Crippen LogP contribution in [-0.4, -0.2) is 0 Å². The van der Waals surface area contributed by atoms with Crippen LogP contribution >= 0.6 is 0 Å². The zero-order valence-corrected chi connectivity index (χ0v) is 15.5. The van der Waals surface area contributed by atoms with Crippen LogP contribution in [0.15, 0.2) is 121 Å². The number of rotatable bonds is 0. The maximum absolute atomic E-state index is 2.31. The summed E-state index contributed by atoms with van der Waals surface area (Å²) in [5.74, 6) is 0. The highest BCUT2D eigenvalue weighted by Crippen LogP contribution is 2.29. The molecule has 0 unspecified atom stereocenters. The highest BCUT2D eigenvalue weighted by Gasteiger charge is 2.02. The minimum Gasteiger partial charge on any atom is -0.0623 e. The van der Waals surface area contributed by atoms with E-state index in [1.807, 2.05) is 36.4 Å². The van der Waals surface area contributed by atoms with Gasteiger partial charge in [-0.3, -0.25) is 0 Å². The molecular weight excluding hydrogens is 336 g/mol. The van der Waals surface area contributed by atoms with E-state index in [2.05, 4.69) is 84.9 Å². The summed E-state index contributed by atoms with van der Waals surface area (Å²) >= 11 is 0. The van der Waals surface area contributed by atoms with Crippen molar-refractivity contribution in [2.24, 2.45) is 0 Å². The molecule has 0 spiro atoms. The molecule has 0 saturated carbocycles. The summed E-state index contributed by atoms with van der Waals surface area (Å²) in [5, 5.41) is 10.4. The molecule has 0 nitrogen and oxygen atoms in total. The fourth-order valence-corrected chi connectivity index (χ4v) is 3.77. The maximum atomic E-state index is 2.31. The van der Waals surface area contributed by atoms with Gasteiger partial charge in [0.05, 0.1) is 0 Å². The van der Waals surface area contributed by atoms with E-state index in [1.165, 1.54) is 43.1 Å². The molecule has 0 atom stereocenters. The molecule has 0 N–H and O–H groups in total. The van der Waals surface area contributed by atoms with Gasteiger partial charge in [0, 0.05) is 0 Å². The second kappa shape index (κ2) is 7.17. The monoisotopic (exact) mass is 356 g/mol. The Morgan fingerprint density at radius 2 is 0.429 bits per heavy atom. The van der Waals surface area contributed by atoms with Gasteiger partial charge in [-0.1, -0.05) is 84.9 Å². The average Bonchev–Trinajstić information content (AvgIpc) is 2.76. The molecule has 0 aromatic heterocycles. The molecule has 0 bridgehead atoms. The first-order valence-corrected chi connectivity index (χ1v) is 9.62. The second-order valence-electron chi connectivity index (χ2n) is 7.10. The smallest absolute Gasteiger partial charge is 0.0171 e. The molecule has 0 aliphatic carbocycles. The van der Waals surface area contributed by atoms with E-state index in [9.17, 15) is 0 Å². The van der Waals surface area contributed by atoms with Gasteiger partial charge >= 0.3 is 0 Å². The molecule has 0 heteroatoms. The first-order chi connectivity index (χ1) is 13.9. The largest absolute Gasteiger partial charge is 0.0623 e. The number of hydrogen-bond donors (Lipinski definition) is 0. The highest BCUT2D eigenvalue weighted by molar-refractivity contribution is 6.08. The SMILES string of the molecule is c1ccc2cc3cc4cc5ccccc5cc4cc3cc2c1.c1ccccc1. The van der Waals surface area contributed by atoms with Crippen LogP contribution in [0.2, 0.25) is 0 Å². The fraction of sp³-hybridized carbons (Fsp3) is 0. The molecule has 6 rings (SSSR count). The van der Waals surface area contributed by atoms with Crippen LogP contribution in [0.5, 0.6) is 0 Å². The van der Waals surface area contributed by atoms with Crippen molar-refractivity contribution in [2.45, 2.75) is 0 Å². The van der Waals surface area contributed by atoms with E-state index in [0.717, 1.165) is 0 Å². The third-order valence-corrected chi connectivity index (χ3v) is 5.19. The fourth-order valence-electron chi connectivity index (χ4n) is 3.77. The first-order valence-electron chi connectivity index (χ1n) is 9.62. The van der Waals surface area contributed by atoms with Crippen LogP contribution in [0.4, 0.5) is 0 Å². The topological polar surface area (TPSA) is 0 Å². The van der Waals surface area contributed by atoms with E-state index in [1.54, 1.807) is 0 Å². The quantitative estimate of drug-likeness (QED) is 0.242. The van der Waals surface area contributed by atoms with Gasteiger partial charge in [0.15, 0.2) is 0 Å². The van der Waals surface area contributed by atoms with Gasteiger partial charge in [-0.2, -0.15) is 0 Å². The zero-order chi connectivity index (χ0) is 18.8. The van der Waals surface area contributed by atoms with Crippen molar-refractivity contribution in [2.75, 3.05) is 0 Å². The van der Waals surface area contributed by atoms with E-state index < -0.39 is 0 Å². The van der Waals surface area contributed by atoms with Gasteiger partial charge in [0.25, 0.3) is 0 Å². The summed E-state index contributed by atoms with van der Waals surface area (Å²) in [6, 6.07) is 42.9. The van der Waals surface area contributed by atoms with Crippen molar-refractivity contribution in [3.63, 3.8) is 0 Å². The Kier molecular flexibility index (Phi) is 4.23. The molecule has 0 fully saturated rings. The Morgan fingerprint density at radius 3 is 0.679 bits per heavy atom. The lowest BCUT2D eigenvalue weighted by atomic mass is 9.97. The third kappa shape index (κ3) is 3.21. The van der Waals surface area contributed by atoms with Crippen molar-refractivity contribution in [3.05, 3.63) is 121 Å². The second-order valence-corrected chi connectivity index (χ2v) is 7.10. The lowest BCUT2D eigenvalue weighted by Gasteiger charge is -2.07. The standard InChI is InChI=1S/C22H14.C6H6/c1-2-6-16-10-20-14-22-12-18-8-4-3-7-17(18)11-21(22)13-19(20)9-15(16)5-1;1-2-4-6-5-3-1/h1-14H;1-6H. The Balaban J connectivity index is 0.000000246. The van der Waals surface area contributed by atoms with Crippen molar-refractivity contribution in [1.29, 1.82) is 0 Å². The predicted molar refractivity (Wildman–Crippen MR) is 123 cm³/mol. The lowest BCUT2D eigenvalue weighted by Crippen LogP contribution is -1.80. The van der Waals surface area contributed by atoms with Crippen molar-refractivity contribution >= 4 is 43.1 Å². The van der Waals surface area contributed by atoms with E-state index in [-0.39, 0.29) is 0 Å². The average molecular weight is 356 g/mol. The van der Waals surface area contributed by atoms with Gasteiger partial charge in [-0.25, -0.2) is 0 Å². The highest BCUT2D eigenvalue weighted by atomic mass is 14.1. The molecule has 6 aromatic rings. The van der Waals surface area contributed by atoms with Crippen LogP contribution in [0.1, 0.15) is 0 Å². The molecule has 0 aliphatic rings. The lowest BCUT2D eigenvalue weighted by molar-refractivity contribution is 1.72. The third-order valence-electron chi connectivity index (χ3n) is 5.19. The minimum absolute atomic E-state index is 1.30. The Hall–Kier alpha value is -3.64. The Morgan fingerprint density at radius 1 is 0.214 bits per heavy atom. The molecule has 0 aliphatic heterocycles. The van der Waals surface area contributed by atoms with Crippen LogP contribution in [0.25, 0.3) is 43.1 Å². The van der Waals surface area contributed by atoms with E-state index in [0.29, 0.717) is 0 Å². The number of fused-ring (bicyclic) bond motifs is 4. The number of hydrogen-bond acceptors (Lipinski definition) is 0. The van der Waals surface area contributed by atoms with Gasteiger partial charge in [0.2, 0.25) is 0 Å². The summed E-state index contributed by atoms with van der Waals surface area (Å²) in [5.41, 5.74) is 0. The molecule has 0 heterocycles.